The van der Waals surface area contributed by atoms with Crippen LogP contribution in [0.4, 0.5) is 13.6 Å². The van der Waals surface area contributed by atoms with Gasteiger partial charge in [-0.05, 0) is 17.2 Å². The second-order valence-corrected chi connectivity index (χ2v) is 5.01. The summed E-state index contributed by atoms with van der Waals surface area (Å²) in [5.74, 6) is -3.60. The molecular weight excluding hydrogens is 320 g/mol. The molecule has 0 unspecified atom stereocenters. The van der Waals surface area contributed by atoms with Crippen molar-refractivity contribution in [3.05, 3.63) is 71.3 Å². The molecule has 2 N–H and O–H groups in total. The predicted molar refractivity (Wildman–Crippen MR) is 81.2 cm³/mol. The van der Waals surface area contributed by atoms with Crippen LogP contribution in [0.3, 0.4) is 0 Å². The zero-order valence-electron chi connectivity index (χ0n) is 12.5. The van der Waals surface area contributed by atoms with Crippen molar-refractivity contribution < 1.29 is 28.2 Å². The molecule has 5 nitrogen and oxygen atoms in total. The van der Waals surface area contributed by atoms with E-state index >= 15 is 0 Å². The molecule has 0 aliphatic heterocycles. The Kier molecular flexibility index (Phi) is 5.83. The minimum atomic E-state index is -1.44. The summed E-state index contributed by atoms with van der Waals surface area (Å²) in [4.78, 5) is 22.9. The smallest absolute Gasteiger partial charge is 0.408 e. The molecule has 2 aromatic rings. The predicted octanol–water partition coefficient (Wildman–Crippen LogP) is 2.89. The van der Waals surface area contributed by atoms with E-state index < -0.39 is 36.2 Å². The lowest BCUT2D eigenvalue weighted by Gasteiger charge is -2.15. The van der Waals surface area contributed by atoms with Crippen molar-refractivity contribution in [1.82, 2.24) is 5.32 Å². The Morgan fingerprint density at radius 3 is 2.46 bits per heavy atom. The van der Waals surface area contributed by atoms with Gasteiger partial charge in [-0.1, -0.05) is 42.5 Å². The van der Waals surface area contributed by atoms with Gasteiger partial charge in [0.1, 0.15) is 12.6 Å². The highest BCUT2D eigenvalue weighted by molar-refractivity contribution is 5.80. The first-order valence-electron chi connectivity index (χ1n) is 7.10. The number of rotatable bonds is 6. The van der Waals surface area contributed by atoms with E-state index in [1.807, 2.05) is 0 Å². The minimum Gasteiger partial charge on any atom is -0.480 e. The molecule has 0 bridgehead atoms. The average molecular weight is 335 g/mol. The van der Waals surface area contributed by atoms with Crippen molar-refractivity contribution in [2.75, 3.05) is 0 Å². The lowest BCUT2D eigenvalue weighted by Crippen LogP contribution is -2.42. The van der Waals surface area contributed by atoms with Crippen molar-refractivity contribution in [2.45, 2.75) is 19.1 Å². The molecule has 24 heavy (non-hydrogen) atoms. The Morgan fingerprint density at radius 2 is 1.79 bits per heavy atom. The Hall–Kier alpha value is -2.96. The van der Waals surface area contributed by atoms with Gasteiger partial charge in [-0.25, -0.2) is 18.4 Å². The third-order valence-electron chi connectivity index (χ3n) is 3.26. The van der Waals surface area contributed by atoms with Gasteiger partial charge in [-0.3, -0.25) is 0 Å². The Labute approximate surface area is 136 Å². The lowest BCUT2D eigenvalue weighted by molar-refractivity contribution is -0.139. The molecule has 0 saturated heterocycles. The molecule has 126 valence electrons. The second kappa shape index (κ2) is 8.05. The minimum absolute atomic E-state index is 0.0344. The van der Waals surface area contributed by atoms with Crippen molar-refractivity contribution in [2.24, 2.45) is 0 Å². The third-order valence-corrected chi connectivity index (χ3v) is 3.26. The average Bonchev–Trinajstić information content (AvgIpc) is 2.57. The summed E-state index contributed by atoms with van der Waals surface area (Å²) in [6.45, 7) is -0.0344. The summed E-state index contributed by atoms with van der Waals surface area (Å²) in [5, 5.41) is 11.3. The summed E-state index contributed by atoms with van der Waals surface area (Å²) in [7, 11) is 0. The monoisotopic (exact) mass is 335 g/mol. The molecule has 0 aromatic heterocycles. The van der Waals surface area contributed by atoms with Crippen molar-refractivity contribution in [3.8, 4) is 0 Å². The van der Waals surface area contributed by atoms with Crippen LogP contribution in [0.1, 0.15) is 11.1 Å². The number of hydrogen-bond donors (Lipinski definition) is 2. The molecule has 0 fully saturated rings. The molecular formula is C17H15F2NO4. The number of ether oxygens (including phenoxy) is 1. The number of alkyl carbamates (subject to hydrolysis) is 1. The van der Waals surface area contributed by atoms with Crippen LogP contribution in [-0.4, -0.2) is 23.2 Å². The number of carboxylic acid groups (broad SMARTS) is 1. The van der Waals surface area contributed by atoms with Gasteiger partial charge in [0.15, 0.2) is 11.6 Å². The summed E-state index contributed by atoms with van der Waals surface area (Å²) >= 11 is 0. The largest absolute Gasteiger partial charge is 0.480 e. The number of carbonyl (C=O) groups excluding carboxylic acids is 1. The SMILES string of the molecule is O=C(N[C@H](Cc1cccc(F)c1F)C(=O)O)OCc1ccccc1. The van der Waals surface area contributed by atoms with Crippen LogP contribution in [-0.2, 0) is 22.6 Å². The zero-order valence-corrected chi connectivity index (χ0v) is 12.5. The van der Waals surface area contributed by atoms with E-state index in [0.717, 1.165) is 11.6 Å². The van der Waals surface area contributed by atoms with E-state index in [2.05, 4.69) is 5.32 Å². The number of carboxylic acids is 1. The zero-order chi connectivity index (χ0) is 17.5. The fraction of sp³-hybridized carbons (Fsp3) is 0.176. The first kappa shape index (κ1) is 17.4. The standard InChI is InChI=1S/C17H15F2NO4/c18-13-8-4-7-12(15(13)19)9-14(16(21)22)20-17(23)24-10-11-5-2-1-3-6-11/h1-8,14H,9-10H2,(H,20,23)(H,21,22)/t14-/m1/s1. The highest BCUT2D eigenvalue weighted by atomic mass is 19.2. The number of benzene rings is 2. The fourth-order valence-electron chi connectivity index (χ4n) is 2.03. The van der Waals surface area contributed by atoms with Crippen LogP contribution in [0.25, 0.3) is 0 Å². The number of carbonyl (C=O) groups is 2. The molecule has 0 heterocycles. The van der Waals surface area contributed by atoms with Gasteiger partial charge >= 0.3 is 12.1 Å². The molecule has 0 radical (unpaired) electrons. The summed E-state index contributed by atoms with van der Waals surface area (Å²) < 4.78 is 31.7. The first-order valence-corrected chi connectivity index (χ1v) is 7.10. The molecule has 2 rings (SSSR count). The molecule has 0 aliphatic carbocycles. The Morgan fingerprint density at radius 1 is 1.08 bits per heavy atom. The van der Waals surface area contributed by atoms with Crippen molar-refractivity contribution >= 4 is 12.1 Å². The summed E-state index contributed by atoms with van der Waals surface area (Å²) in [6, 6.07) is 10.8. The molecule has 1 atom stereocenters. The van der Waals surface area contributed by atoms with E-state index in [1.165, 1.54) is 12.1 Å². The van der Waals surface area contributed by atoms with Gasteiger partial charge < -0.3 is 15.2 Å². The van der Waals surface area contributed by atoms with E-state index in [4.69, 9.17) is 9.84 Å². The van der Waals surface area contributed by atoms with Gasteiger partial charge in [-0.2, -0.15) is 0 Å². The molecule has 0 saturated carbocycles. The van der Waals surface area contributed by atoms with Gasteiger partial charge in [0.2, 0.25) is 0 Å². The number of aliphatic carboxylic acids is 1. The lowest BCUT2D eigenvalue weighted by atomic mass is 10.1. The highest BCUT2D eigenvalue weighted by Gasteiger charge is 2.23. The van der Waals surface area contributed by atoms with Gasteiger partial charge in [0, 0.05) is 6.42 Å². The summed E-state index contributed by atoms with van der Waals surface area (Å²) in [5.41, 5.74) is 0.585. The number of nitrogens with one attached hydrogen (secondary N) is 1. The maximum absolute atomic E-state index is 13.6. The van der Waals surface area contributed by atoms with Crippen LogP contribution in [0.15, 0.2) is 48.5 Å². The topological polar surface area (TPSA) is 75.6 Å². The van der Waals surface area contributed by atoms with Crippen molar-refractivity contribution in [1.29, 1.82) is 0 Å². The van der Waals surface area contributed by atoms with Gasteiger partial charge in [0.25, 0.3) is 0 Å². The van der Waals surface area contributed by atoms with Gasteiger partial charge in [0.05, 0.1) is 0 Å². The van der Waals surface area contributed by atoms with Crippen LogP contribution >= 0.6 is 0 Å². The van der Waals surface area contributed by atoms with E-state index in [1.54, 1.807) is 30.3 Å². The van der Waals surface area contributed by atoms with Crippen LogP contribution in [0.5, 0.6) is 0 Å². The normalized spacial score (nSPS) is 11.6. The maximum atomic E-state index is 13.6. The van der Waals surface area contributed by atoms with Crippen LogP contribution < -0.4 is 5.32 Å². The van der Waals surface area contributed by atoms with Crippen LogP contribution in [0.2, 0.25) is 0 Å². The van der Waals surface area contributed by atoms with Crippen LogP contribution in [0, 0.1) is 11.6 Å². The molecule has 7 heteroatoms. The highest BCUT2D eigenvalue weighted by Crippen LogP contribution is 2.13. The molecule has 1 amide bonds. The Bertz CT molecular complexity index is 722. The quantitative estimate of drug-likeness (QED) is 0.851. The Balaban J connectivity index is 1.96. The van der Waals surface area contributed by atoms with Crippen molar-refractivity contribution in [3.63, 3.8) is 0 Å². The van der Waals surface area contributed by atoms with Gasteiger partial charge in [-0.15, -0.1) is 0 Å². The number of halogens is 2. The molecule has 0 spiro atoms. The number of amides is 1. The summed E-state index contributed by atoms with van der Waals surface area (Å²) in [6.07, 6.45) is -1.36. The first-order chi connectivity index (χ1) is 11.5. The number of hydrogen-bond acceptors (Lipinski definition) is 3. The van der Waals surface area contributed by atoms with E-state index in [-0.39, 0.29) is 12.2 Å². The maximum Gasteiger partial charge on any atom is 0.408 e. The second-order valence-electron chi connectivity index (χ2n) is 5.01. The van der Waals surface area contributed by atoms with E-state index in [9.17, 15) is 18.4 Å². The third kappa shape index (κ3) is 4.77. The fourth-order valence-corrected chi connectivity index (χ4v) is 2.03. The molecule has 2 aromatic carbocycles. The molecule has 0 aliphatic rings. The van der Waals surface area contributed by atoms with E-state index in [0.29, 0.717) is 0 Å².